The van der Waals surface area contributed by atoms with Crippen LogP contribution in [0.4, 0.5) is 0 Å². The van der Waals surface area contributed by atoms with E-state index in [1.54, 1.807) is 11.3 Å². The summed E-state index contributed by atoms with van der Waals surface area (Å²) in [5.74, 6) is 0.116. The maximum absolute atomic E-state index is 12.4. The average molecular weight is 381 g/mol. The lowest BCUT2D eigenvalue weighted by Gasteiger charge is -2.27. The highest BCUT2D eigenvalue weighted by Gasteiger charge is 2.21. The molecule has 5 heteroatoms. The third-order valence-corrected chi connectivity index (χ3v) is 6.32. The van der Waals surface area contributed by atoms with E-state index < -0.39 is 0 Å². The van der Waals surface area contributed by atoms with Gasteiger partial charge < -0.3 is 10.2 Å². The summed E-state index contributed by atoms with van der Waals surface area (Å²) in [6.45, 7) is 2.06. The number of nitrogens with one attached hydrogen (secondary N) is 1. The number of aryl methyl sites for hydroxylation is 1. The lowest BCUT2D eigenvalue weighted by molar-refractivity contribution is -0.132. The fourth-order valence-electron chi connectivity index (χ4n) is 3.73. The molecule has 27 heavy (non-hydrogen) atoms. The molecule has 1 aromatic heterocycles. The second kappa shape index (κ2) is 8.09. The van der Waals surface area contributed by atoms with E-state index in [1.165, 1.54) is 16.0 Å². The molecule has 4 rings (SSSR count). The fraction of sp³-hybridized carbons (Fsp3) is 0.364. The molecule has 2 heterocycles. The van der Waals surface area contributed by atoms with Gasteiger partial charge in [0, 0.05) is 36.5 Å². The first-order valence-corrected chi connectivity index (χ1v) is 10.5. The molecule has 1 aromatic carbocycles. The van der Waals surface area contributed by atoms with Crippen LogP contribution in [-0.2, 0) is 24.2 Å². The van der Waals surface area contributed by atoms with Crippen LogP contribution in [0.2, 0.25) is 0 Å². The summed E-state index contributed by atoms with van der Waals surface area (Å²) in [6.07, 6.45) is 8.45. The number of allylic oxidation sites excluding steroid dienone is 1. The molecule has 1 aliphatic heterocycles. The third-order valence-electron chi connectivity index (χ3n) is 5.30. The van der Waals surface area contributed by atoms with Gasteiger partial charge in [-0.1, -0.05) is 18.2 Å². The van der Waals surface area contributed by atoms with E-state index >= 15 is 0 Å². The maximum Gasteiger partial charge on any atom is 0.251 e. The molecule has 0 unspecified atom stereocenters. The quantitative estimate of drug-likeness (QED) is 0.802. The fourth-order valence-corrected chi connectivity index (χ4v) is 4.62. The predicted molar refractivity (Wildman–Crippen MR) is 109 cm³/mol. The number of benzene rings is 1. The van der Waals surface area contributed by atoms with E-state index in [1.807, 2.05) is 23.1 Å². The zero-order chi connectivity index (χ0) is 18.6. The van der Waals surface area contributed by atoms with E-state index in [2.05, 4.69) is 28.9 Å². The second-order valence-electron chi connectivity index (χ2n) is 7.15. The number of hydrogen-bond donors (Lipinski definition) is 1. The van der Waals surface area contributed by atoms with Gasteiger partial charge in [-0.05, 0) is 66.0 Å². The minimum Gasteiger partial charge on any atom is -0.352 e. The van der Waals surface area contributed by atoms with Crippen molar-refractivity contribution in [1.29, 1.82) is 0 Å². The highest BCUT2D eigenvalue weighted by atomic mass is 32.1. The molecule has 0 bridgehead atoms. The third kappa shape index (κ3) is 4.14. The molecule has 0 fully saturated rings. The van der Waals surface area contributed by atoms with Gasteiger partial charge >= 0.3 is 0 Å². The summed E-state index contributed by atoms with van der Waals surface area (Å²) < 4.78 is 0. The summed E-state index contributed by atoms with van der Waals surface area (Å²) in [5.41, 5.74) is 4.42. The average Bonchev–Trinajstić information content (AvgIpc) is 3.18. The first-order valence-electron chi connectivity index (χ1n) is 9.61. The first kappa shape index (κ1) is 18.0. The molecule has 1 aliphatic carbocycles. The highest BCUT2D eigenvalue weighted by molar-refractivity contribution is 7.10. The maximum atomic E-state index is 12.4. The smallest absolute Gasteiger partial charge is 0.251 e. The van der Waals surface area contributed by atoms with Gasteiger partial charge in [-0.15, -0.1) is 11.3 Å². The Morgan fingerprint density at radius 3 is 3.00 bits per heavy atom. The molecule has 4 nitrogen and oxygen atoms in total. The van der Waals surface area contributed by atoms with Crippen LogP contribution in [0.15, 0.2) is 35.7 Å². The van der Waals surface area contributed by atoms with Gasteiger partial charge in [-0.3, -0.25) is 9.59 Å². The molecule has 2 aromatic rings. The van der Waals surface area contributed by atoms with E-state index in [-0.39, 0.29) is 11.8 Å². The zero-order valence-corrected chi connectivity index (χ0v) is 16.2. The Hall–Kier alpha value is -2.40. The predicted octanol–water partition coefficient (Wildman–Crippen LogP) is 3.80. The lowest BCUT2D eigenvalue weighted by Crippen LogP contribution is -2.35. The topological polar surface area (TPSA) is 49.4 Å². The van der Waals surface area contributed by atoms with Crippen LogP contribution in [-0.4, -0.2) is 29.8 Å². The standard InChI is InChI=1S/C22H24N2O2S/c25-21(24-12-9-20-19(15-24)10-13-27-20)6-3-11-23-22(26)18-8-7-16-4-1-2-5-17(16)14-18/h2,5,7-8,10,13-14H,1,3-4,6,9,11-12,15H2,(H,23,26). The van der Waals surface area contributed by atoms with Crippen LogP contribution in [0.25, 0.3) is 6.08 Å². The van der Waals surface area contributed by atoms with Gasteiger partial charge in [0.05, 0.1) is 0 Å². The van der Waals surface area contributed by atoms with Crippen molar-refractivity contribution in [3.05, 3.63) is 62.9 Å². The molecule has 1 N–H and O–H groups in total. The van der Waals surface area contributed by atoms with Gasteiger partial charge in [-0.2, -0.15) is 0 Å². The Morgan fingerprint density at radius 2 is 2.07 bits per heavy atom. The Balaban J connectivity index is 1.23. The molecule has 140 valence electrons. The van der Waals surface area contributed by atoms with Crippen LogP contribution >= 0.6 is 11.3 Å². The molecule has 0 spiro atoms. The van der Waals surface area contributed by atoms with Gasteiger partial charge in [0.2, 0.25) is 5.91 Å². The van der Waals surface area contributed by atoms with Crippen molar-refractivity contribution < 1.29 is 9.59 Å². The Morgan fingerprint density at radius 1 is 1.15 bits per heavy atom. The van der Waals surface area contributed by atoms with Crippen molar-refractivity contribution in [3.63, 3.8) is 0 Å². The molecular formula is C22H24N2O2S. The highest BCUT2D eigenvalue weighted by Crippen LogP contribution is 2.24. The van der Waals surface area contributed by atoms with Crippen molar-refractivity contribution in [1.82, 2.24) is 10.2 Å². The van der Waals surface area contributed by atoms with Gasteiger partial charge in [0.1, 0.15) is 0 Å². The number of thiophene rings is 1. The molecule has 0 saturated carbocycles. The van der Waals surface area contributed by atoms with Crippen molar-refractivity contribution in [2.24, 2.45) is 0 Å². The van der Waals surface area contributed by atoms with Gasteiger partial charge in [0.25, 0.3) is 5.91 Å². The van der Waals surface area contributed by atoms with E-state index in [9.17, 15) is 9.59 Å². The number of amides is 2. The molecule has 2 amide bonds. The SMILES string of the molecule is O=C(NCCCC(=O)N1CCc2sccc2C1)c1ccc2c(c1)C=CCC2. The number of rotatable bonds is 5. The van der Waals surface area contributed by atoms with Crippen molar-refractivity contribution in [2.75, 3.05) is 13.1 Å². The number of hydrogen-bond acceptors (Lipinski definition) is 3. The number of nitrogens with zero attached hydrogens (tertiary/aromatic N) is 1. The van der Waals surface area contributed by atoms with Crippen molar-refractivity contribution in [3.8, 4) is 0 Å². The molecule has 2 aliphatic rings. The Labute approximate surface area is 163 Å². The Kier molecular flexibility index (Phi) is 5.39. The summed E-state index contributed by atoms with van der Waals surface area (Å²) >= 11 is 1.78. The Bertz CT molecular complexity index is 884. The van der Waals surface area contributed by atoms with Gasteiger partial charge in [-0.25, -0.2) is 0 Å². The monoisotopic (exact) mass is 380 g/mol. The summed E-state index contributed by atoms with van der Waals surface area (Å²) in [6, 6.07) is 8.02. The minimum absolute atomic E-state index is 0.0647. The van der Waals surface area contributed by atoms with Crippen molar-refractivity contribution >= 4 is 29.2 Å². The largest absolute Gasteiger partial charge is 0.352 e. The van der Waals surface area contributed by atoms with Crippen molar-refractivity contribution in [2.45, 2.75) is 38.6 Å². The normalized spacial score (nSPS) is 15.2. The van der Waals surface area contributed by atoms with Crippen LogP contribution < -0.4 is 5.32 Å². The summed E-state index contributed by atoms with van der Waals surface area (Å²) in [7, 11) is 0. The number of carbonyl (C=O) groups is 2. The number of carbonyl (C=O) groups excluding carboxylic acids is 2. The minimum atomic E-state index is -0.0647. The first-order chi connectivity index (χ1) is 13.2. The van der Waals surface area contributed by atoms with Crippen LogP contribution in [0.3, 0.4) is 0 Å². The molecule has 0 atom stereocenters. The second-order valence-corrected chi connectivity index (χ2v) is 8.15. The van der Waals surface area contributed by atoms with Crippen LogP contribution in [0.1, 0.15) is 51.2 Å². The molecule has 0 saturated heterocycles. The zero-order valence-electron chi connectivity index (χ0n) is 15.4. The van der Waals surface area contributed by atoms with Crippen LogP contribution in [0.5, 0.6) is 0 Å². The molecule has 0 radical (unpaired) electrons. The van der Waals surface area contributed by atoms with Crippen LogP contribution in [0, 0.1) is 0 Å². The summed E-state index contributed by atoms with van der Waals surface area (Å²) in [5, 5.41) is 5.05. The van der Waals surface area contributed by atoms with E-state index in [0.717, 1.165) is 37.9 Å². The number of fused-ring (bicyclic) bond motifs is 2. The van der Waals surface area contributed by atoms with E-state index in [0.29, 0.717) is 24.9 Å². The lowest BCUT2D eigenvalue weighted by atomic mass is 9.95. The van der Waals surface area contributed by atoms with E-state index in [4.69, 9.17) is 0 Å². The van der Waals surface area contributed by atoms with Gasteiger partial charge in [0.15, 0.2) is 0 Å². The molecular weight excluding hydrogens is 356 g/mol. The summed E-state index contributed by atoms with van der Waals surface area (Å²) in [4.78, 5) is 28.1.